The van der Waals surface area contributed by atoms with Crippen molar-refractivity contribution in [1.82, 2.24) is 15.2 Å². The first kappa shape index (κ1) is 19.2. The molecule has 0 spiro atoms. The van der Waals surface area contributed by atoms with Crippen molar-refractivity contribution >= 4 is 17.6 Å². The number of nitrogens with one attached hydrogen (secondary N) is 1. The molecule has 1 aromatic rings. The molecule has 0 aromatic carbocycles. The Bertz CT molecular complexity index is 709. The maximum Gasteiger partial charge on any atom is 0.248 e. The molecule has 152 valence electrons. The minimum atomic E-state index is -0.464. The first-order chi connectivity index (χ1) is 13.6. The molecule has 3 heterocycles. The van der Waals surface area contributed by atoms with Gasteiger partial charge in [-0.05, 0) is 43.7 Å². The summed E-state index contributed by atoms with van der Waals surface area (Å²) in [5.41, 5.74) is -0.464. The number of anilines is 1. The Morgan fingerprint density at radius 3 is 2.89 bits per heavy atom. The predicted octanol–water partition coefficient (Wildman–Crippen LogP) is 1.30. The van der Waals surface area contributed by atoms with Crippen molar-refractivity contribution in [3.8, 4) is 0 Å². The first-order valence-corrected chi connectivity index (χ1v) is 10.3. The summed E-state index contributed by atoms with van der Waals surface area (Å²) >= 11 is 0. The van der Waals surface area contributed by atoms with E-state index in [1.165, 1.54) is 12.8 Å². The van der Waals surface area contributed by atoms with Crippen molar-refractivity contribution in [2.45, 2.75) is 25.7 Å². The van der Waals surface area contributed by atoms with E-state index in [-0.39, 0.29) is 24.3 Å². The number of amides is 2. The molecule has 1 N–H and O–H groups in total. The summed E-state index contributed by atoms with van der Waals surface area (Å²) in [6.45, 7) is 3.57. The molecular weight excluding hydrogens is 356 g/mol. The molecule has 4 rings (SSSR count). The van der Waals surface area contributed by atoms with Gasteiger partial charge in [-0.1, -0.05) is 6.07 Å². The normalized spacial score (nSPS) is 27.2. The quantitative estimate of drug-likeness (QED) is 0.798. The number of likely N-dealkylation sites (tertiary alicyclic amines) is 1. The number of aromatic nitrogens is 1. The van der Waals surface area contributed by atoms with Crippen molar-refractivity contribution in [3.63, 3.8) is 0 Å². The number of hydrogen-bond donors (Lipinski definition) is 1. The second-order valence-corrected chi connectivity index (χ2v) is 8.45. The Labute approximate surface area is 166 Å². The van der Waals surface area contributed by atoms with Crippen molar-refractivity contribution in [1.29, 1.82) is 0 Å². The van der Waals surface area contributed by atoms with Gasteiger partial charge in [0.2, 0.25) is 11.8 Å². The van der Waals surface area contributed by atoms with Crippen LogP contribution in [0.1, 0.15) is 25.7 Å². The van der Waals surface area contributed by atoms with Gasteiger partial charge in [-0.15, -0.1) is 0 Å². The van der Waals surface area contributed by atoms with Gasteiger partial charge in [0.25, 0.3) is 0 Å². The summed E-state index contributed by atoms with van der Waals surface area (Å²) < 4.78 is 5.05. The summed E-state index contributed by atoms with van der Waals surface area (Å²) in [7, 11) is 1.55. The van der Waals surface area contributed by atoms with Crippen LogP contribution in [0.3, 0.4) is 0 Å². The minimum absolute atomic E-state index is 0.00738. The number of methoxy groups -OCH3 is 1. The average molecular weight is 386 g/mol. The van der Waals surface area contributed by atoms with Gasteiger partial charge in [0.1, 0.15) is 12.4 Å². The number of hydrogen-bond acceptors (Lipinski definition) is 5. The molecule has 1 aromatic heterocycles. The molecule has 2 amide bonds. The highest BCUT2D eigenvalue weighted by atomic mass is 16.5. The summed E-state index contributed by atoms with van der Waals surface area (Å²) in [5, 5.41) is 3.23. The Morgan fingerprint density at radius 2 is 2.18 bits per heavy atom. The van der Waals surface area contributed by atoms with E-state index in [1.54, 1.807) is 13.3 Å². The number of fused-ring (bicyclic) bond motifs is 1. The molecule has 1 aliphatic carbocycles. The molecule has 0 bridgehead atoms. The van der Waals surface area contributed by atoms with Crippen LogP contribution in [0.5, 0.6) is 0 Å². The zero-order valence-electron chi connectivity index (χ0n) is 16.6. The van der Waals surface area contributed by atoms with Crippen LogP contribution in [0.25, 0.3) is 0 Å². The molecule has 2 atom stereocenters. The van der Waals surface area contributed by atoms with Crippen LogP contribution < -0.4 is 10.2 Å². The van der Waals surface area contributed by atoms with E-state index < -0.39 is 5.41 Å². The van der Waals surface area contributed by atoms with E-state index in [1.807, 2.05) is 23.1 Å². The summed E-state index contributed by atoms with van der Waals surface area (Å²) in [5.74, 6) is 1.81. The number of nitrogens with zero attached hydrogens (tertiary/aromatic N) is 3. The molecular formula is C21H30N4O3. The van der Waals surface area contributed by atoms with E-state index in [9.17, 15) is 9.59 Å². The molecule has 3 fully saturated rings. The van der Waals surface area contributed by atoms with Gasteiger partial charge in [-0.2, -0.15) is 0 Å². The monoisotopic (exact) mass is 386 g/mol. The van der Waals surface area contributed by atoms with Gasteiger partial charge in [-0.25, -0.2) is 4.98 Å². The Balaban J connectivity index is 1.56. The predicted molar refractivity (Wildman–Crippen MR) is 106 cm³/mol. The van der Waals surface area contributed by atoms with E-state index in [0.29, 0.717) is 25.6 Å². The molecule has 3 aliphatic rings. The van der Waals surface area contributed by atoms with Gasteiger partial charge in [0.15, 0.2) is 0 Å². The van der Waals surface area contributed by atoms with Crippen LogP contribution in [0.15, 0.2) is 24.4 Å². The lowest BCUT2D eigenvalue weighted by Gasteiger charge is -2.32. The van der Waals surface area contributed by atoms with Crippen LogP contribution in [-0.2, 0) is 14.3 Å². The third-order valence-electron chi connectivity index (χ3n) is 6.48. The van der Waals surface area contributed by atoms with Gasteiger partial charge in [0.05, 0.1) is 5.41 Å². The number of rotatable bonds is 6. The van der Waals surface area contributed by atoms with Gasteiger partial charge < -0.3 is 19.9 Å². The zero-order valence-corrected chi connectivity index (χ0v) is 16.6. The van der Waals surface area contributed by atoms with Crippen LogP contribution in [-0.4, -0.2) is 68.1 Å². The highest BCUT2D eigenvalue weighted by Crippen LogP contribution is 2.44. The van der Waals surface area contributed by atoms with E-state index in [2.05, 4.69) is 15.2 Å². The highest BCUT2D eigenvalue weighted by molar-refractivity contribution is 5.85. The number of ether oxygens (including phenoxy) is 1. The third-order valence-corrected chi connectivity index (χ3v) is 6.48. The lowest BCUT2D eigenvalue weighted by atomic mass is 9.74. The van der Waals surface area contributed by atoms with Gasteiger partial charge in [-0.3, -0.25) is 9.59 Å². The first-order valence-electron chi connectivity index (χ1n) is 10.3. The lowest BCUT2D eigenvalue weighted by molar-refractivity contribution is -0.137. The SMILES string of the molecule is COCC(=O)N1CCC[C@@]2(C(=O)NCC3CC3)CN(c3ccccn3)C[C@@H]2C1. The maximum atomic E-state index is 13.4. The number of carbonyl (C=O) groups is 2. The summed E-state index contributed by atoms with van der Waals surface area (Å²) in [4.78, 5) is 34.4. The minimum Gasteiger partial charge on any atom is -0.375 e. The highest BCUT2D eigenvalue weighted by Gasteiger charge is 2.53. The standard InChI is InChI=1S/C21H30N4O3/c1-28-14-19(26)24-10-4-8-21(20(27)23-11-16-6-7-16)15-25(13-17(21)12-24)18-5-2-3-9-22-18/h2-3,5,9,16-17H,4,6-8,10-15H2,1H3,(H,23,27)/t17-,21+/m0/s1. The molecule has 28 heavy (non-hydrogen) atoms. The zero-order chi connectivity index (χ0) is 19.6. The van der Waals surface area contributed by atoms with Crippen LogP contribution in [0, 0.1) is 17.3 Å². The van der Waals surface area contributed by atoms with E-state index >= 15 is 0 Å². The Kier molecular flexibility index (Phi) is 5.53. The Morgan fingerprint density at radius 1 is 1.32 bits per heavy atom. The maximum absolute atomic E-state index is 13.4. The van der Waals surface area contributed by atoms with E-state index in [4.69, 9.17) is 4.74 Å². The second kappa shape index (κ2) is 8.07. The summed E-state index contributed by atoms with van der Waals surface area (Å²) in [6, 6.07) is 5.88. The molecule has 7 nitrogen and oxygen atoms in total. The molecule has 0 unspecified atom stereocenters. The summed E-state index contributed by atoms with van der Waals surface area (Å²) in [6.07, 6.45) is 5.86. The lowest BCUT2D eigenvalue weighted by Crippen LogP contribution is -2.48. The van der Waals surface area contributed by atoms with Crippen molar-refractivity contribution < 1.29 is 14.3 Å². The smallest absolute Gasteiger partial charge is 0.248 e. The Hall–Kier alpha value is -2.15. The van der Waals surface area contributed by atoms with Gasteiger partial charge in [0, 0.05) is 51.9 Å². The second-order valence-electron chi connectivity index (χ2n) is 8.45. The average Bonchev–Trinajstić information content (AvgIpc) is 3.50. The van der Waals surface area contributed by atoms with Crippen LogP contribution >= 0.6 is 0 Å². The van der Waals surface area contributed by atoms with Gasteiger partial charge >= 0.3 is 0 Å². The van der Waals surface area contributed by atoms with Crippen LogP contribution in [0.2, 0.25) is 0 Å². The van der Waals surface area contributed by atoms with Crippen molar-refractivity contribution in [2.24, 2.45) is 17.3 Å². The number of carbonyl (C=O) groups excluding carboxylic acids is 2. The molecule has 2 saturated heterocycles. The fourth-order valence-electron chi connectivity index (χ4n) is 4.70. The van der Waals surface area contributed by atoms with E-state index in [0.717, 1.165) is 31.7 Å². The third kappa shape index (κ3) is 3.85. The number of pyridine rings is 1. The fraction of sp³-hybridized carbons (Fsp3) is 0.667. The van der Waals surface area contributed by atoms with Crippen LogP contribution in [0.4, 0.5) is 5.82 Å². The molecule has 7 heteroatoms. The fourth-order valence-corrected chi connectivity index (χ4v) is 4.70. The topological polar surface area (TPSA) is 74.8 Å². The largest absolute Gasteiger partial charge is 0.375 e. The van der Waals surface area contributed by atoms with Crippen molar-refractivity contribution in [3.05, 3.63) is 24.4 Å². The molecule has 1 saturated carbocycles. The molecule has 2 aliphatic heterocycles. The molecule has 0 radical (unpaired) electrons. The van der Waals surface area contributed by atoms with Crippen molar-refractivity contribution in [2.75, 3.05) is 51.3 Å².